The lowest BCUT2D eigenvalue weighted by Gasteiger charge is -2.29. The zero-order valence-electron chi connectivity index (χ0n) is 20.5. The Morgan fingerprint density at radius 2 is 1.85 bits per heavy atom. The molecule has 3 N–H and O–H groups in total. The van der Waals surface area contributed by atoms with E-state index in [4.69, 9.17) is 19.9 Å². The smallest absolute Gasteiger partial charge is 0.471 e. The summed E-state index contributed by atoms with van der Waals surface area (Å²) in [5.41, 5.74) is 7.66. The van der Waals surface area contributed by atoms with Crippen LogP contribution >= 0.6 is 0 Å². The van der Waals surface area contributed by atoms with E-state index in [0.717, 1.165) is 0 Å². The number of nitrogens with one attached hydrogen (secondary N) is 1. The number of amides is 1. The minimum Gasteiger partial charge on any atom is -0.493 e. The Kier molecular flexibility index (Phi) is 6.71. The van der Waals surface area contributed by atoms with Gasteiger partial charge in [-0.25, -0.2) is 4.39 Å². The van der Waals surface area contributed by atoms with Crippen LogP contribution in [0, 0.1) is 5.82 Å². The minimum atomic E-state index is -5.18. The van der Waals surface area contributed by atoms with Gasteiger partial charge >= 0.3 is 18.1 Å². The number of carbonyl (C=O) groups excluding carboxylic acids is 2. The van der Waals surface area contributed by atoms with Crippen LogP contribution in [0.1, 0.15) is 29.5 Å². The predicted octanol–water partition coefficient (Wildman–Crippen LogP) is 5.22. The van der Waals surface area contributed by atoms with Crippen LogP contribution in [0.25, 0.3) is 0 Å². The quantitative estimate of drug-likeness (QED) is 0.249. The largest absolute Gasteiger partial charge is 0.493 e. The molecule has 0 radical (unpaired) electrons. The summed E-state index contributed by atoms with van der Waals surface area (Å²) < 4.78 is 71.3. The van der Waals surface area contributed by atoms with Crippen LogP contribution in [-0.4, -0.2) is 38.4 Å². The summed E-state index contributed by atoms with van der Waals surface area (Å²) in [6.07, 6.45) is -5.13. The topological polar surface area (TPSA) is 103 Å². The van der Waals surface area contributed by atoms with E-state index in [1.54, 1.807) is 24.3 Å². The molecule has 0 spiro atoms. The second-order valence-electron chi connectivity index (χ2n) is 9.09. The number of halogens is 4. The van der Waals surface area contributed by atoms with Gasteiger partial charge in [0.2, 0.25) is 0 Å². The average molecular weight is 545 g/mol. The zero-order valence-corrected chi connectivity index (χ0v) is 20.5. The summed E-state index contributed by atoms with van der Waals surface area (Å²) >= 11 is 0. The molecule has 0 aliphatic carbocycles. The van der Waals surface area contributed by atoms with E-state index in [1.165, 1.54) is 37.4 Å². The first-order valence-corrected chi connectivity index (χ1v) is 11.9. The molecule has 12 heteroatoms. The molecule has 0 saturated carbocycles. The van der Waals surface area contributed by atoms with Crippen molar-refractivity contribution in [3.05, 3.63) is 71.5 Å². The molecule has 5 rings (SSSR count). The van der Waals surface area contributed by atoms with Crippen molar-refractivity contribution in [1.29, 1.82) is 0 Å². The molecule has 0 fully saturated rings. The Morgan fingerprint density at radius 1 is 1.05 bits per heavy atom. The maximum absolute atomic E-state index is 13.8. The Labute approximate surface area is 220 Å². The molecule has 3 aromatic rings. The van der Waals surface area contributed by atoms with Gasteiger partial charge in [-0.1, -0.05) is 18.2 Å². The lowest BCUT2D eigenvalue weighted by Crippen LogP contribution is -2.44. The number of ether oxygens (including phenoxy) is 3. The molecule has 0 bridgehead atoms. The number of hydrogen-bond donors (Lipinski definition) is 2. The van der Waals surface area contributed by atoms with E-state index in [9.17, 15) is 27.2 Å². The van der Waals surface area contributed by atoms with E-state index in [-0.39, 0.29) is 54.1 Å². The number of alkyl halides is 3. The molecule has 2 aliphatic heterocycles. The number of nitrogen functional groups attached to an aromatic ring is 1. The summed E-state index contributed by atoms with van der Waals surface area (Å²) in [5.74, 6) is -2.90. The standard InChI is InChI=1S/C27H23F4N3O5/c1-37-24(35)9-14-12-38-23-11-16(6-7-17(14)23)34(26(36)27(29,30)31)22-13-39-25-18(22)3-2-4-20(25)33-21-10-15(28)5-8-19(21)32/h2-8,10-11,14,22,33H,9,12-13,32H2,1H3/t14-,22?/m1/s1. The number of nitrogens with two attached hydrogens (primary N) is 1. The number of methoxy groups -OCH3 is 1. The molecule has 0 aromatic heterocycles. The number of benzene rings is 3. The Morgan fingerprint density at radius 3 is 2.59 bits per heavy atom. The van der Waals surface area contributed by atoms with Crippen molar-refractivity contribution in [2.45, 2.75) is 24.6 Å². The van der Waals surface area contributed by atoms with Crippen molar-refractivity contribution in [3.63, 3.8) is 0 Å². The van der Waals surface area contributed by atoms with Crippen LogP contribution in [0.5, 0.6) is 11.5 Å². The molecule has 2 aliphatic rings. The molecule has 204 valence electrons. The number of fused-ring (bicyclic) bond motifs is 2. The van der Waals surface area contributed by atoms with E-state index in [0.29, 0.717) is 21.7 Å². The van der Waals surface area contributed by atoms with Gasteiger partial charge in [0.1, 0.15) is 23.9 Å². The summed E-state index contributed by atoms with van der Waals surface area (Å²) in [6, 6.07) is 11.6. The summed E-state index contributed by atoms with van der Waals surface area (Å²) in [6.45, 7) is -0.119. The fraction of sp³-hybridized carbons (Fsp3) is 0.259. The van der Waals surface area contributed by atoms with E-state index < -0.39 is 29.9 Å². The molecule has 2 heterocycles. The highest BCUT2D eigenvalue weighted by Gasteiger charge is 2.48. The number of para-hydroxylation sites is 1. The molecule has 2 atom stereocenters. The highest BCUT2D eigenvalue weighted by Crippen LogP contribution is 2.47. The Balaban J connectivity index is 1.51. The average Bonchev–Trinajstić information content (AvgIpc) is 3.50. The van der Waals surface area contributed by atoms with Crippen LogP contribution in [-0.2, 0) is 14.3 Å². The second kappa shape index (κ2) is 10.0. The van der Waals surface area contributed by atoms with Gasteiger partial charge in [-0.3, -0.25) is 14.5 Å². The summed E-state index contributed by atoms with van der Waals surface area (Å²) in [7, 11) is 1.26. The van der Waals surface area contributed by atoms with Crippen molar-refractivity contribution in [3.8, 4) is 11.5 Å². The normalized spacial score (nSPS) is 17.5. The highest BCUT2D eigenvalue weighted by molar-refractivity contribution is 5.98. The third kappa shape index (κ3) is 5.01. The monoisotopic (exact) mass is 545 g/mol. The molecule has 1 unspecified atom stereocenters. The Bertz CT molecular complexity index is 1450. The fourth-order valence-corrected chi connectivity index (χ4v) is 4.77. The van der Waals surface area contributed by atoms with Gasteiger partial charge in [-0.05, 0) is 30.3 Å². The van der Waals surface area contributed by atoms with Crippen molar-refractivity contribution in [2.75, 3.05) is 36.3 Å². The lowest BCUT2D eigenvalue weighted by atomic mass is 9.97. The van der Waals surface area contributed by atoms with Crippen LogP contribution in [0.15, 0.2) is 54.6 Å². The van der Waals surface area contributed by atoms with E-state index in [2.05, 4.69) is 5.32 Å². The van der Waals surface area contributed by atoms with Crippen LogP contribution in [0.2, 0.25) is 0 Å². The van der Waals surface area contributed by atoms with E-state index in [1.807, 2.05) is 0 Å². The van der Waals surface area contributed by atoms with Gasteiger partial charge in [0.25, 0.3) is 0 Å². The van der Waals surface area contributed by atoms with Crippen molar-refractivity contribution in [2.24, 2.45) is 0 Å². The first-order chi connectivity index (χ1) is 18.6. The van der Waals surface area contributed by atoms with Crippen molar-refractivity contribution in [1.82, 2.24) is 0 Å². The number of rotatable bonds is 6. The van der Waals surface area contributed by atoms with Gasteiger partial charge in [0, 0.05) is 28.8 Å². The van der Waals surface area contributed by atoms with Gasteiger partial charge in [0.05, 0.1) is 43.2 Å². The summed E-state index contributed by atoms with van der Waals surface area (Å²) in [5, 5.41) is 2.96. The molecule has 39 heavy (non-hydrogen) atoms. The minimum absolute atomic E-state index is 0.0451. The lowest BCUT2D eigenvalue weighted by molar-refractivity contribution is -0.171. The number of hydrogen-bond acceptors (Lipinski definition) is 7. The maximum Gasteiger partial charge on any atom is 0.471 e. The number of carbonyl (C=O) groups is 2. The van der Waals surface area contributed by atoms with Gasteiger partial charge in [-0.15, -0.1) is 0 Å². The molecule has 8 nitrogen and oxygen atoms in total. The van der Waals surface area contributed by atoms with E-state index >= 15 is 0 Å². The third-order valence-corrected chi connectivity index (χ3v) is 6.64. The van der Waals surface area contributed by atoms with Gasteiger partial charge in [-0.2, -0.15) is 13.2 Å². The molecule has 1 amide bonds. The summed E-state index contributed by atoms with van der Waals surface area (Å²) in [4.78, 5) is 25.1. The predicted molar refractivity (Wildman–Crippen MR) is 134 cm³/mol. The molecule has 3 aromatic carbocycles. The van der Waals surface area contributed by atoms with Gasteiger partial charge < -0.3 is 25.3 Å². The number of esters is 1. The number of nitrogens with zero attached hydrogens (tertiary/aromatic N) is 1. The molecular formula is C27H23F4N3O5. The third-order valence-electron chi connectivity index (χ3n) is 6.64. The first kappa shape index (κ1) is 26.1. The molecule has 0 saturated heterocycles. The van der Waals surface area contributed by atoms with Crippen LogP contribution < -0.4 is 25.4 Å². The zero-order chi connectivity index (χ0) is 27.9. The SMILES string of the molecule is COC(=O)C[C@@H]1COc2cc(N(C(=O)C(F)(F)F)C3COc4c(Nc5cc(F)ccc5N)cccc43)ccc21. The van der Waals surface area contributed by atoms with Crippen molar-refractivity contribution < 1.29 is 41.4 Å². The van der Waals surface area contributed by atoms with Crippen LogP contribution in [0.3, 0.4) is 0 Å². The van der Waals surface area contributed by atoms with Crippen LogP contribution in [0.4, 0.5) is 40.3 Å². The number of anilines is 4. The highest BCUT2D eigenvalue weighted by atomic mass is 19.4. The maximum atomic E-state index is 13.8. The fourth-order valence-electron chi connectivity index (χ4n) is 4.77. The first-order valence-electron chi connectivity index (χ1n) is 11.9. The molecular weight excluding hydrogens is 522 g/mol. The second-order valence-corrected chi connectivity index (χ2v) is 9.09. The Hall–Kier alpha value is -4.48. The van der Waals surface area contributed by atoms with Crippen molar-refractivity contribution >= 4 is 34.6 Å². The van der Waals surface area contributed by atoms with Gasteiger partial charge in [0.15, 0.2) is 0 Å².